The van der Waals surface area contributed by atoms with Gasteiger partial charge in [0.15, 0.2) is 0 Å². The van der Waals surface area contributed by atoms with Crippen molar-refractivity contribution in [1.82, 2.24) is 0 Å². The molecule has 0 aliphatic carbocycles. The van der Waals surface area contributed by atoms with Crippen molar-refractivity contribution in [3.63, 3.8) is 0 Å². The highest BCUT2D eigenvalue weighted by molar-refractivity contribution is 5.95. The fourth-order valence-electron chi connectivity index (χ4n) is 2.65. The Labute approximate surface area is 142 Å². The van der Waals surface area contributed by atoms with Crippen LogP contribution in [0.3, 0.4) is 0 Å². The van der Waals surface area contributed by atoms with Crippen LogP contribution in [0.5, 0.6) is 0 Å². The van der Waals surface area contributed by atoms with E-state index < -0.39 is 0 Å². The van der Waals surface area contributed by atoms with Gasteiger partial charge in [-0.05, 0) is 29.3 Å². The lowest BCUT2D eigenvalue weighted by molar-refractivity contribution is -0.118. The van der Waals surface area contributed by atoms with Gasteiger partial charge in [0.25, 0.3) is 0 Å². The average molecular weight is 316 g/mol. The molecule has 3 rings (SSSR count). The van der Waals surface area contributed by atoms with Crippen molar-refractivity contribution in [1.29, 1.82) is 0 Å². The van der Waals surface area contributed by atoms with Crippen LogP contribution in [-0.4, -0.2) is 5.91 Å². The molecule has 0 saturated heterocycles. The molecule has 24 heavy (non-hydrogen) atoms. The Hall–Kier alpha value is -3.07. The molecule has 0 bridgehead atoms. The molecule has 0 fully saturated rings. The second kappa shape index (κ2) is 7.47. The van der Waals surface area contributed by atoms with Gasteiger partial charge >= 0.3 is 0 Å². The molecule has 3 nitrogen and oxygen atoms in total. The molecule has 0 aliphatic heterocycles. The van der Waals surface area contributed by atoms with E-state index in [4.69, 9.17) is 5.73 Å². The van der Waals surface area contributed by atoms with Crippen LogP contribution >= 0.6 is 0 Å². The highest BCUT2D eigenvalue weighted by atomic mass is 16.2. The van der Waals surface area contributed by atoms with Gasteiger partial charge in [-0.1, -0.05) is 66.7 Å². The molecule has 3 heteroatoms. The van der Waals surface area contributed by atoms with Gasteiger partial charge < -0.3 is 10.6 Å². The third-order valence-corrected chi connectivity index (χ3v) is 3.95. The predicted molar refractivity (Wildman–Crippen MR) is 98.6 cm³/mol. The minimum Gasteiger partial charge on any atom is -0.398 e. The number of anilines is 2. The summed E-state index contributed by atoms with van der Waals surface area (Å²) >= 11 is 0. The largest absolute Gasteiger partial charge is 0.398 e. The topological polar surface area (TPSA) is 46.3 Å². The minimum absolute atomic E-state index is 0.0305. The SMILES string of the molecule is Nc1ccccc1CC(=O)N(Cc1ccccc1)c1ccccc1. The highest BCUT2D eigenvalue weighted by Crippen LogP contribution is 2.20. The van der Waals surface area contributed by atoms with Crippen molar-refractivity contribution in [2.45, 2.75) is 13.0 Å². The van der Waals surface area contributed by atoms with E-state index in [-0.39, 0.29) is 12.3 Å². The van der Waals surface area contributed by atoms with Crippen LogP contribution in [0.4, 0.5) is 11.4 Å². The highest BCUT2D eigenvalue weighted by Gasteiger charge is 2.17. The zero-order chi connectivity index (χ0) is 16.8. The summed E-state index contributed by atoms with van der Waals surface area (Å²) in [5.41, 5.74) is 9.48. The van der Waals surface area contributed by atoms with E-state index in [2.05, 4.69) is 0 Å². The average Bonchev–Trinajstić information content (AvgIpc) is 2.63. The van der Waals surface area contributed by atoms with Gasteiger partial charge in [-0.25, -0.2) is 0 Å². The summed E-state index contributed by atoms with van der Waals surface area (Å²) in [6, 6.07) is 27.2. The zero-order valence-electron chi connectivity index (χ0n) is 13.4. The number of nitrogens with zero attached hydrogens (tertiary/aromatic N) is 1. The molecule has 0 spiro atoms. The van der Waals surface area contributed by atoms with E-state index in [0.29, 0.717) is 12.2 Å². The number of carbonyl (C=O) groups excluding carboxylic acids is 1. The fraction of sp³-hybridized carbons (Fsp3) is 0.0952. The van der Waals surface area contributed by atoms with E-state index in [1.165, 1.54) is 0 Å². The molecule has 0 unspecified atom stereocenters. The summed E-state index contributed by atoms with van der Waals surface area (Å²) in [5.74, 6) is 0.0305. The number of benzene rings is 3. The Kier molecular flexibility index (Phi) is 4.92. The smallest absolute Gasteiger partial charge is 0.231 e. The lowest BCUT2D eigenvalue weighted by Crippen LogP contribution is -2.31. The normalized spacial score (nSPS) is 10.3. The Bertz CT molecular complexity index is 800. The number of para-hydroxylation sites is 2. The molecule has 0 radical (unpaired) electrons. The van der Waals surface area contributed by atoms with Crippen molar-refractivity contribution in [3.05, 3.63) is 96.1 Å². The van der Waals surface area contributed by atoms with Gasteiger partial charge in [0.2, 0.25) is 5.91 Å². The Balaban J connectivity index is 1.87. The first-order valence-corrected chi connectivity index (χ1v) is 7.97. The summed E-state index contributed by atoms with van der Waals surface area (Å²) in [5, 5.41) is 0. The van der Waals surface area contributed by atoms with Gasteiger partial charge in [0, 0.05) is 11.4 Å². The van der Waals surface area contributed by atoms with Crippen LogP contribution in [0, 0.1) is 0 Å². The molecule has 0 aromatic heterocycles. The first-order valence-electron chi connectivity index (χ1n) is 7.97. The number of nitrogens with two attached hydrogens (primary N) is 1. The Morgan fingerprint density at radius 2 is 1.38 bits per heavy atom. The third kappa shape index (κ3) is 3.82. The van der Waals surface area contributed by atoms with Crippen LogP contribution in [-0.2, 0) is 17.8 Å². The molecule has 2 N–H and O–H groups in total. The molecular weight excluding hydrogens is 296 g/mol. The van der Waals surface area contributed by atoms with E-state index in [9.17, 15) is 4.79 Å². The van der Waals surface area contributed by atoms with Gasteiger partial charge in [0.1, 0.15) is 0 Å². The third-order valence-electron chi connectivity index (χ3n) is 3.95. The van der Waals surface area contributed by atoms with Crippen molar-refractivity contribution in [2.75, 3.05) is 10.6 Å². The standard InChI is InChI=1S/C21H20N2O/c22-20-14-8-7-11-18(20)15-21(24)23(19-12-5-2-6-13-19)16-17-9-3-1-4-10-17/h1-14H,15-16,22H2. The summed E-state index contributed by atoms with van der Waals surface area (Å²) in [6.07, 6.45) is 0.286. The Morgan fingerprint density at radius 3 is 2.04 bits per heavy atom. The van der Waals surface area contributed by atoms with Gasteiger partial charge in [-0.3, -0.25) is 4.79 Å². The molecule has 120 valence electrons. The molecular formula is C21H20N2O. The van der Waals surface area contributed by atoms with Crippen LogP contribution in [0.25, 0.3) is 0 Å². The van der Waals surface area contributed by atoms with Crippen molar-refractivity contribution in [3.8, 4) is 0 Å². The lowest BCUT2D eigenvalue weighted by Gasteiger charge is -2.23. The molecule has 3 aromatic rings. The minimum atomic E-state index is 0.0305. The van der Waals surface area contributed by atoms with Crippen molar-refractivity contribution >= 4 is 17.3 Å². The number of hydrogen-bond acceptors (Lipinski definition) is 2. The maximum atomic E-state index is 12.9. The first kappa shape index (κ1) is 15.8. The Morgan fingerprint density at radius 1 is 0.792 bits per heavy atom. The van der Waals surface area contributed by atoms with E-state index in [1.807, 2.05) is 89.8 Å². The van der Waals surface area contributed by atoms with Crippen LogP contribution in [0.15, 0.2) is 84.9 Å². The van der Waals surface area contributed by atoms with Gasteiger partial charge in [-0.15, -0.1) is 0 Å². The molecule has 0 aliphatic rings. The maximum absolute atomic E-state index is 12.9. The number of amides is 1. The van der Waals surface area contributed by atoms with Crippen molar-refractivity contribution in [2.24, 2.45) is 0 Å². The summed E-state index contributed by atoms with van der Waals surface area (Å²) in [6.45, 7) is 0.538. The number of carbonyl (C=O) groups is 1. The van der Waals surface area contributed by atoms with Crippen molar-refractivity contribution < 1.29 is 4.79 Å². The lowest BCUT2D eigenvalue weighted by atomic mass is 10.1. The van der Waals surface area contributed by atoms with Crippen LogP contribution in [0.1, 0.15) is 11.1 Å². The summed E-state index contributed by atoms with van der Waals surface area (Å²) < 4.78 is 0. The second-order valence-corrected chi connectivity index (χ2v) is 5.68. The van der Waals surface area contributed by atoms with Gasteiger partial charge in [-0.2, -0.15) is 0 Å². The van der Waals surface area contributed by atoms with E-state index in [1.54, 1.807) is 0 Å². The molecule has 0 atom stereocenters. The fourth-order valence-corrected chi connectivity index (χ4v) is 2.65. The molecule has 0 heterocycles. The zero-order valence-corrected chi connectivity index (χ0v) is 13.4. The van der Waals surface area contributed by atoms with E-state index >= 15 is 0 Å². The summed E-state index contributed by atoms with van der Waals surface area (Å²) in [4.78, 5) is 14.7. The summed E-state index contributed by atoms with van der Waals surface area (Å²) in [7, 11) is 0. The molecule has 0 saturated carbocycles. The monoisotopic (exact) mass is 316 g/mol. The molecule has 3 aromatic carbocycles. The quantitative estimate of drug-likeness (QED) is 0.722. The van der Waals surface area contributed by atoms with Gasteiger partial charge in [0.05, 0.1) is 13.0 Å². The second-order valence-electron chi connectivity index (χ2n) is 5.68. The van der Waals surface area contributed by atoms with Crippen LogP contribution in [0.2, 0.25) is 0 Å². The number of nitrogen functional groups attached to an aromatic ring is 1. The van der Waals surface area contributed by atoms with E-state index in [0.717, 1.165) is 16.8 Å². The van der Waals surface area contributed by atoms with Crippen LogP contribution < -0.4 is 10.6 Å². The first-order chi connectivity index (χ1) is 11.7. The number of rotatable bonds is 5. The molecule has 1 amide bonds. The predicted octanol–water partition coefficient (Wildman–Crippen LogP) is 4.04. The number of hydrogen-bond donors (Lipinski definition) is 1. The maximum Gasteiger partial charge on any atom is 0.231 e.